The first-order valence-corrected chi connectivity index (χ1v) is 2.16. The molecule has 0 atom stereocenters. The monoisotopic (exact) mass is 102 g/mol. The number of aliphatic hydroxyl groups is 1. The van der Waals surface area contributed by atoms with Gasteiger partial charge in [-0.3, -0.25) is 0 Å². The number of aliphatic hydroxyl groups excluding tert-OH is 1. The Hall–Kier alpha value is -0.340. The predicted molar refractivity (Wildman–Crippen MR) is 28.1 cm³/mol. The maximum atomic E-state index is 8.15. The molecule has 0 aliphatic heterocycles. The molecular weight excluding hydrogens is 92.1 g/mol. The SMILES string of the molecule is COC/C=C\CO. The molecule has 0 aliphatic carbocycles. The molecular formula is C5H10O2. The van der Waals surface area contributed by atoms with Gasteiger partial charge < -0.3 is 9.84 Å². The van der Waals surface area contributed by atoms with Crippen molar-refractivity contribution in [2.45, 2.75) is 0 Å². The third-order valence-corrected chi connectivity index (χ3v) is 0.535. The van der Waals surface area contributed by atoms with E-state index in [9.17, 15) is 0 Å². The summed E-state index contributed by atoms with van der Waals surface area (Å²) in [5.74, 6) is 0. The zero-order valence-electron chi connectivity index (χ0n) is 4.42. The Morgan fingerprint density at radius 3 is 2.71 bits per heavy atom. The van der Waals surface area contributed by atoms with Crippen LogP contribution in [0.25, 0.3) is 0 Å². The molecule has 0 spiro atoms. The van der Waals surface area contributed by atoms with Gasteiger partial charge in [-0.2, -0.15) is 0 Å². The minimum absolute atomic E-state index is 0.101. The largest absolute Gasteiger partial charge is 0.392 e. The van der Waals surface area contributed by atoms with Crippen LogP contribution >= 0.6 is 0 Å². The van der Waals surface area contributed by atoms with Gasteiger partial charge in [0.05, 0.1) is 13.2 Å². The summed E-state index contributed by atoms with van der Waals surface area (Å²) in [6, 6.07) is 0. The molecule has 0 saturated heterocycles. The van der Waals surface area contributed by atoms with Gasteiger partial charge in [0.15, 0.2) is 0 Å². The third kappa shape index (κ3) is 5.66. The predicted octanol–water partition coefficient (Wildman–Crippen LogP) is 0.181. The van der Waals surface area contributed by atoms with Gasteiger partial charge in [0, 0.05) is 7.11 Å². The molecule has 2 nitrogen and oxygen atoms in total. The summed E-state index contributed by atoms with van der Waals surface area (Å²) in [7, 11) is 1.61. The highest BCUT2D eigenvalue weighted by molar-refractivity contribution is 4.79. The Morgan fingerprint density at radius 1 is 1.57 bits per heavy atom. The Morgan fingerprint density at radius 2 is 2.29 bits per heavy atom. The quantitative estimate of drug-likeness (QED) is 0.515. The second-order valence-electron chi connectivity index (χ2n) is 1.11. The Balaban J connectivity index is 2.78. The highest BCUT2D eigenvalue weighted by atomic mass is 16.5. The highest BCUT2D eigenvalue weighted by Crippen LogP contribution is 1.69. The van der Waals surface area contributed by atoms with Crippen molar-refractivity contribution in [2.75, 3.05) is 20.3 Å². The number of hydrogen-bond acceptors (Lipinski definition) is 2. The Bertz CT molecular complexity index is 50.0. The maximum absolute atomic E-state index is 8.15. The van der Waals surface area contributed by atoms with Gasteiger partial charge in [0.25, 0.3) is 0 Å². The van der Waals surface area contributed by atoms with Crippen molar-refractivity contribution in [3.8, 4) is 0 Å². The first kappa shape index (κ1) is 6.66. The third-order valence-electron chi connectivity index (χ3n) is 0.535. The molecule has 0 aromatic heterocycles. The Labute approximate surface area is 43.4 Å². The zero-order chi connectivity index (χ0) is 5.54. The molecule has 1 N–H and O–H groups in total. The van der Waals surface area contributed by atoms with Crippen LogP contribution in [0.4, 0.5) is 0 Å². The van der Waals surface area contributed by atoms with Crippen molar-refractivity contribution < 1.29 is 9.84 Å². The average molecular weight is 102 g/mol. The summed E-state index contributed by atoms with van der Waals surface area (Å²) < 4.78 is 4.65. The highest BCUT2D eigenvalue weighted by Gasteiger charge is 1.67. The fraction of sp³-hybridized carbons (Fsp3) is 0.600. The van der Waals surface area contributed by atoms with E-state index in [1.54, 1.807) is 19.3 Å². The summed E-state index contributed by atoms with van der Waals surface area (Å²) in [5.41, 5.74) is 0. The van der Waals surface area contributed by atoms with E-state index in [-0.39, 0.29) is 6.61 Å². The molecule has 0 bridgehead atoms. The van der Waals surface area contributed by atoms with Crippen LogP contribution in [0.5, 0.6) is 0 Å². The number of rotatable bonds is 3. The first-order chi connectivity index (χ1) is 3.41. The molecule has 0 rings (SSSR count). The molecule has 0 heterocycles. The van der Waals surface area contributed by atoms with Crippen LogP contribution in [0.15, 0.2) is 12.2 Å². The molecule has 7 heavy (non-hydrogen) atoms. The lowest BCUT2D eigenvalue weighted by Crippen LogP contribution is -1.81. The molecule has 0 aliphatic rings. The first-order valence-electron chi connectivity index (χ1n) is 2.16. The van der Waals surface area contributed by atoms with Crippen LogP contribution in [0.3, 0.4) is 0 Å². The van der Waals surface area contributed by atoms with Crippen molar-refractivity contribution in [3.63, 3.8) is 0 Å². The van der Waals surface area contributed by atoms with Gasteiger partial charge in [-0.1, -0.05) is 12.2 Å². The summed E-state index contributed by atoms with van der Waals surface area (Å²) in [6.45, 7) is 0.684. The molecule has 0 saturated carbocycles. The van der Waals surface area contributed by atoms with Crippen LogP contribution in [0, 0.1) is 0 Å². The van der Waals surface area contributed by atoms with Crippen molar-refractivity contribution in [2.24, 2.45) is 0 Å². The summed E-state index contributed by atoms with van der Waals surface area (Å²) in [5, 5.41) is 8.15. The van der Waals surface area contributed by atoms with Crippen LogP contribution < -0.4 is 0 Å². The molecule has 42 valence electrons. The van der Waals surface area contributed by atoms with E-state index in [1.807, 2.05) is 0 Å². The summed E-state index contributed by atoms with van der Waals surface area (Å²) in [4.78, 5) is 0. The van der Waals surface area contributed by atoms with Gasteiger partial charge in [-0.25, -0.2) is 0 Å². The van der Waals surface area contributed by atoms with E-state index in [2.05, 4.69) is 4.74 Å². The molecule has 0 unspecified atom stereocenters. The van der Waals surface area contributed by atoms with E-state index >= 15 is 0 Å². The summed E-state index contributed by atoms with van der Waals surface area (Å²) >= 11 is 0. The van der Waals surface area contributed by atoms with Gasteiger partial charge in [0.1, 0.15) is 0 Å². The minimum Gasteiger partial charge on any atom is -0.392 e. The second kappa shape index (κ2) is 5.66. The molecule has 0 amide bonds. The lowest BCUT2D eigenvalue weighted by atomic mass is 10.5. The standard InChI is InChI=1S/C5H10O2/c1-7-5-3-2-4-6/h2-3,6H,4-5H2,1H3/b3-2-. The average Bonchev–Trinajstić information content (AvgIpc) is 1.69. The van der Waals surface area contributed by atoms with Gasteiger partial charge in [0.2, 0.25) is 0 Å². The van der Waals surface area contributed by atoms with Gasteiger partial charge in [-0.15, -0.1) is 0 Å². The summed E-state index contributed by atoms with van der Waals surface area (Å²) in [6.07, 6.45) is 3.41. The normalized spacial score (nSPS) is 10.6. The van der Waals surface area contributed by atoms with Crippen LogP contribution in [0.2, 0.25) is 0 Å². The fourth-order valence-corrected chi connectivity index (χ4v) is 0.239. The zero-order valence-corrected chi connectivity index (χ0v) is 4.42. The second-order valence-corrected chi connectivity index (χ2v) is 1.11. The van der Waals surface area contributed by atoms with Gasteiger partial charge >= 0.3 is 0 Å². The fourth-order valence-electron chi connectivity index (χ4n) is 0.239. The van der Waals surface area contributed by atoms with E-state index in [1.165, 1.54) is 0 Å². The number of ether oxygens (including phenoxy) is 1. The van der Waals surface area contributed by atoms with Crippen molar-refractivity contribution in [1.29, 1.82) is 0 Å². The Kier molecular flexibility index (Phi) is 5.39. The van der Waals surface area contributed by atoms with Crippen LogP contribution in [-0.4, -0.2) is 25.4 Å². The van der Waals surface area contributed by atoms with Crippen molar-refractivity contribution in [1.82, 2.24) is 0 Å². The van der Waals surface area contributed by atoms with E-state index in [0.29, 0.717) is 6.61 Å². The molecule has 2 heteroatoms. The van der Waals surface area contributed by atoms with Gasteiger partial charge in [-0.05, 0) is 0 Å². The lowest BCUT2D eigenvalue weighted by molar-refractivity contribution is 0.232. The topological polar surface area (TPSA) is 29.5 Å². The molecule has 0 radical (unpaired) electrons. The minimum atomic E-state index is 0.101. The number of hydrogen-bond donors (Lipinski definition) is 1. The molecule has 0 aromatic rings. The maximum Gasteiger partial charge on any atom is 0.0644 e. The van der Waals surface area contributed by atoms with E-state index in [0.717, 1.165) is 0 Å². The van der Waals surface area contributed by atoms with Crippen molar-refractivity contribution in [3.05, 3.63) is 12.2 Å². The molecule has 0 aromatic carbocycles. The lowest BCUT2D eigenvalue weighted by Gasteiger charge is -1.83. The van der Waals surface area contributed by atoms with Crippen LogP contribution in [0.1, 0.15) is 0 Å². The smallest absolute Gasteiger partial charge is 0.0644 e. The van der Waals surface area contributed by atoms with Crippen molar-refractivity contribution >= 4 is 0 Å². The van der Waals surface area contributed by atoms with E-state index < -0.39 is 0 Å². The number of methoxy groups -OCH3 is 1. The van der Waals surface area contributed by atoms with Crippen LogP contribution in [-0.2, 0) is 4.74 Å². The van der Waals surface area contributed by atoms with E-state index in [4.69, 9.17) is 5.11 Å². The molecule has 0 fully saturated rings.